The lowest BCUT2D eigenvalue weighted by atomic mass is 10.1. The van der Waals surface area contributed by atoms with Gasteiger partial charge in [-0.1, -0.05) is 18.2 Å². The largest absolute Gasteiger partial charge is 0.506 e. The Kier molecular flexibility index (Phi) is 5.00. The molecule has 0 bridgehead atoms. The number of nitrogens with one attached hydrogen (secondary N) is 2. The smallest absolute Gasteiger partial charge is 0.267 e. The number of carbonyl (C=O) groups excluding carboxylic acids is 1. The highest BCUT2D eigenvalue weighted by Crippen LogP contribution is 2.22. The van der Waals surface area contributed by atoms with Gasteiger partial charge in [-0.2, -0.15) is 5.26 Å². The molecule has 0 aliphatic rings. The van der Waals surface area contributed by atoms with E-state index < -0.39 is 5.91 Å². The van der Waals surface area contributed by atoms with Gasteiger partial charge in [-0.15, -0.1) is 0 Å². The molecule has 0 spiro atoms. The number of rotatable bonds is 4. The minimum absolute atomic E-state index is 0.0553. The average Bonchev–Trinajstić information content (AvgIpc) is 2.53. The molecule has 5 heteroatoms. The summed E-state index contributed by atoms with van der Waals surface area (Å²) in [7, 11) is 0. The van der Waals surface area contributed by atoms with Gasteiger partial charge in [0.05, 0.1) is 5.69 Å². The number of hydrogen-bond acceptors (Lipinski definition) is 4. The number of hydrogen-bond donors (Lipinski definition) is 3. The molecule has 0 unspecified atom stereocenters. The van der Waals surface area contributed by atoms with Gasteiger partial charge in [0.25, 0.3) is 5.91 Å². The fraction of sp³-hybridized carbons (Fsp3) is 0.111. The summed E-state index contributed by atoms with van der Waals surface area (Å²) in [5.41, 5.74) is 3.23. The van der Waals surface area contributed by atoms with Gasteiger partial charge in [0.1, 0.15) is 17.4 Å². The van der Waals surface area contributed by atoms with E-state index in [4.69, 9.17) is 5.26 Å². The van der Waals surface area contributed by atoms with Crippen molar-refractivity contribution in [3.8, 4) is 11.8 Å². The van der Waals surface area contributed by atoms with Crippen LogP contribution in [-0.4, -0.2) is 11.0 Å². The molecule has 2 aromatic rings. The van der Waals surface area contributed by atoms with Crippen molar-refractivity contribution in [1.29, 1.82) is 5.26 Å². The van der Waals surface area contributed by atoms with E-state index in [0.29, 0.717) is 0 Å². The van der Waals surface area contributed by atoms with E-state index in [2.05, 4.69) is 10.6 Å². The molecule has 3 N–H and O–H groups in total. The van der Waals surface area contributed by atoms with Gasteiger partial charge in [0.15, 0.2) is 0 Å². The lowest BCUT2D eigenvalue weighted by molar-refractivity contribution is -0.112. The second kappa shape index (κ2) is 7.14. The molecule has 0 aliphatic carbocycles. The number of aryl methyl sites for hydroxylation is 2. The first kappa shape index (κ1) is 16.1. The summed E-state index contributed by atoms with van der Waals surface area (Å²) in [4.78, 5) is 12.1. The van der Waals surface area contributed by atoms with Gasteiger partial charge < -0.3 is 15.7 Å². The highest BCUT2D eigenvalue weighted by molar-refractivity contribution is 6.07. The van der Waals surface area contributed by atoms with Crippen LogP contribution in [0.2, 0.25) is 0 Å². The minimum Gasteiger partial charge on any atom is -0.506 e. The number of carbonyl (C=O) groups is 1. The van der Waals surface area contributed by atoms with Crippen LogP contribution < -0.4 is 10.6 Å². The molecule has 2 aromatic carbocycles. The highest BCUT2D eigenvalue weighted by atomic mass is 16.3. The van der Waals surface area contributed by atoms with Crippen LogP contribution in [0.5, 0.6) is 5.75 Å². The highest BCUT2D eigenvalue weighted by Gasteiger charge is 2.11. The lowest BCUT2D eigenvalue weighted by Gasteiger charge is -2.07. The van der Waals surface area contributed by atoms with Crippen LogP contribution in [0.25, 0.3) is 0 Å². The second-order valence-corrected chi connectivity index (χ2v) is 5.08. The molecule has 1 amide bonds. The van der Waals surface area contributed by atoms with Crippen LogP contribution in [0, 0.1) is 25.2 Å². The molecule has 5 nitrogen and oxygen atoms in total. The monoisotopic (exact) mass is 307 g/mol. The maximum Gasteiger partial charge on any atom is 0.267 e. The fourth-order valence-corrected chi connectivity index (χ4v) is 1.90. The third kappa shape index (κ3) is 4.11. The van der Waals surface area contributed by atoms with Crippen molar-refractivity contribution in [2.45, 2.75) is 13.8 Å². The molecular formula is C18H17N3O2. The van der Waals surface area contributed by atoms with Crippen LogP contribution in [0.15, 0.2) is 54.2 Å². The minimum atomic E-state index is -0.592. The van der Waals surface area contributed by atoms with Crippen molar-refractivity contribution in [1.82, 2.24) is 0 Å². The van der Waals surface area contributed by atoms with Crippen LogP contribution in [0.3, 0.4) is 0 Å². The van der Waals surface area contributed by atoms with Crippen molar-refractivity contribution in [2.75, 3.05) is 10.6 Å². The van der Waals surface area contributed by atoms with Gasteiger partial charge in [-0.05, 0) is 49.2 Å². The van der Waals surface area contributed by atoms with E-state index >= 15 is 0 Å². The first-order chi connectivity index (χ1) is 11.0. The maximum atomic E-state index is 12.1. The zero-order valence-electron chi connectivity index (χ0n) is 12.9. The first-order valence-corrected chi connectivity index (χ1v) is 7.04. The Hall–Kier alpha value is -3.26. The summed E-state index contributed by atoms with van der Waals surface area (Å²) < 4.78 is 0. The number of phenols is 1. The normalized spacial score (nSPS) is 10.7. The lowest BCUT2D eigenvalue weighted by Crippen LogP contribution is -2.14. The summed E-state index contributed by atoms with van der Waals surface area (Å²) >= 11 is 0. The van der Waals surface area contributed by atoms with Crippen molar-refractivity contribution in [2.24, 2.45) is 0 Å². The zero-order valence-corrected chi connectivity index (χ0v) is 12.9. The summed E-state index contributed by atoms with van der Waals surface area (Å²) in [6.07, 6.45) is 1.35. The van der Waals surface area contributed by atoms with Crippen LogP contribution in [0.1, 0.15) is 11.1 Å². The summed E-state index contributed by atoms with van der Waals surface area (Å²) in [6, 6.07) is 13.9. The predicted octanol–water partition coefficient (Wildman–Crippen LogP) is 3.47. The van der Waals surface area contributed by atoms with Gasteiger partial charge in [0, 0.05) is 11.9 Å². The third-order valence-corrected chi connectivity index (χ3v) is 3.41. The van der Waals surface area contributed by atoms with Crippen molar-refractivity contribution in [3.05, 3.63) is 65.4 Å². The first-order valence-electron chi connectivity index (χ1n) is 7.04. The SMILES string of the molecule is Cc1ccc(N/C=C(/C#N)C(=O)Nc2ccccc2O)cc1C. The molecular weight excluding hydrogens is 290 g/mol. The molecule has 0 radical (unpaired) electrons. The Morgan fingerprint density at radius 3 is 2.57 bits per heavy atom. The Labute approximate surface area is 134 Å². The van der Waals surface area contributed by atoms with Gasteiger partial charge in [-0.3, -0.25) is 4.79 Å². The van der Waals surface area contributed by atoms with E-state index in [1.54, 1.807) is 18.2 Å². The number of nitriles is 1. The van der Waals surface area contributed by atoms with Gasteiger partial charge in [0.2, 0.25) is 0 Å². The quantitative estimate of drug-likeness (QED) is 0.459. The van der Waals surface area contributed by atoms with E-state index in [0.717, 1.165) is 16.8 Å². The van der Waals surface area contributed by atoms with Crippen molar-refractivity contribution >= 4 is 17.3 Å². The molecule has 0 aliphatic heterocycles. The molecule has 0 saturated carbocycles. The molecule has 0 atom stereocenters. The average molecular weight is 307 g/mol. The van der Waals surface area contributed by atoms with E-state index in [9.17, 15) is 9.90 Å². The van der Waals surface area contributed by atoms with Gasteiger partial charge in [-0.25, -0.2) is 0 Å². The summed E-state index contributed by atoms with van der Waals surface area (Å²) in [5, 5.41) is 24.2. The van der Waals surface area contributed by atoms with E-state index in [1.165, 1.54) is 12.3 Å². The van der Waals surface area contributed by atoms with Crippen molar-refractivity contribution < 1.29 is 9.90 Å². The van der Waals surface area contributed by atoms with Crippen molar-refractivity contribution in [3.63, 3.8) is 0 Å². The number of aromatic hydroxyl groups is 1. The molecule has 116 valence electrons. The Balaban J connectivity index is 2.12. The Morgan fingerprint density at radius 2 is 1.91 bits per heavy atom. The maximum absolute atomic E-state index is 12.1. The standard InChI is InChI=1S/C18H17N3O2/c1-12-7-8-15(9-13(12)2)20-11-14(10-19)18(23)21-16-5-3-4-6-17(16)22/h3-9,11,20,22H,1-2H3,(H,21,23)/b14-11-. The van der Waals surface area contributed by atoms with Crippen LogP contribution in [-0.2, 0) is 4.79 Å². The molecule has 23 heavy (non-hydrogen) atoms. The molecule has 0 fully saturated rings. The Morgan fingerprint density at radius 1 is 1.17 bits per heavy atom. The number of amides is 1. The molecule has 0 saturated heterocycles. The predicted molar refractivity (Wildman–Crippen MR) is 90.0 cm³/mol. The third-order valence-electron chi connectivity index (χ3n) is 3.41. The van der Waals surface area contributed by atoms with Gasteiger partial charge >= 0.3 is 0 Å². The van der Waals surface area contributed by atoms with E-state index in [1.807, 2.05) is 38.1 Å². The molecule has 0 heterocycles. The molecule has 0 aromatic heterocycles. The number of nitrogens with zero attached hydrogens (tertiary/aromatic N) is 1. The van der Waals surface area contributed by atoms with Crippen LogP contribution in [0.4, 0.5) is 11.4 Å². The number of phenolic OH excluding ortho intramolecular Hbond substituents is 1. The zero-order chi connectivity index (χ0) is 16.8. The summed E-state index contributed by atoms with van der Waals surface area (Å²) in [5.74, 6) is -0.648. The second-order valence-electron chi connectivity index (χ2n) is 5.08. The van der Waals surface area contributed by atoms with Crippen LogP contribution >= 0.6 is 0 Å². The van der Waals surface area contributed by atoms with E-state index in [-0.39, 0.29) is 17.0 Å². The summed E-state index contributed by atoms with van der Waals surface area (Å²) in [6.45, 7) is 4.00. The molecule has 2 rings (SSSR count). The number of benzene rings is 2. The number of para-hydroxylation sites is 2. The fourth-order valence-electron chi connectivity index (χ4n) is 1.90. The Bertz CT molecular complexity index is 804. The number of anilines is 2. The topological polar surface area (TPSA) is 85.2 Å².